The van der Waals surface area contributed by atoms with Gasteiger partial charge < -0.3 is 4.90 Å². The summed E-state index contributed by atoms with van der Waals surface area (Å²) in [4.78, 5) is 16.7. The standard InChI is InChI=1S/C28H32FN3O/c1-4-31(5-2)20-19-28(23-11-7-6-8-12-23)25-13-9-10-14-26(25)32(27(28)33)30(3)21-22-15-17-24(29)18-16-22/h6-18H,4-5,19-21H2,1-3H3/t28-/m0/s1. The van der Waals surface area contributed by atoms with Gasteiger partial charge in [-0.25, -0.2) is 14.4 Å². The molecule has 0 saturated heterocycles. The normalized spacial score (nSPS) is 17.8. The molecule has 172 valence electrons. The largest absolute Gasteiger partial charge is 0.304 e. The molecule has 0 N–H and O–H groups in total. The lowest BCUT2D eigenvalue weighted by molar-refractivity contribution is -0.125. The van der Waals surface area contributed by atoms with Crippen LogP contribution in [0.25, 0.3) is 0 Å². The maximum Gasteiger partial charge on any atom is 0.256 e. The number of carbonyl (C=O) groups is 1. The summed E-state index contributed by atoms with van der Waals surface area (Å²) in [6, 6.07) is 24.7. The van der Waals surface area contributed by atoms with Crippen molar-refractivity contribution in [3.63, 3.8) is 0 Å². The molecule has 1 heterocycles. The first kappa shape index (κ1) is 23.1. The van der Waals surface area contributed by atoms with Gasteiger partial charge >= 0.3 is 0 Å². The lowest BCUT2D eigenvalue weighted by Crippen LogP contribution is -2.49. The van der Waals surface area contributed by atoms with E-state index < -0.39 is 5.41 Å². The molecule has 0 fully saturated rings. The van der Waals surface area contributed by atoms with Crippen LogP contribution in [0.3, 0.4) is 0 Å². The Hall–Kier alpha value is -3.02. The predicted octanol–water partition coefficient (Wildman–Crippen LogP) is 5.24. The highest BCUT2D eigenvalue weighted by molar-refractivity contribution is 6.09. The van der Waals surface area contributed by atoms with Crippen LogP contribution in [0.15, 0.2) is 78.9 Å². The number of halogens is 1. The third kappa shape index (κ3) is 4.31. The van der Waals surface area contributed by atoms with E-state index in [9.17, 15) is 9.18 Å². The average molecular weight is 446 g/mol. The van der Waals surface area contributed by atoms with E-state index in [1.807, 2.05) is 53.5 Å². The number of anilines is 1. The molecule has 0 radical (unpaired) electrons. The minimum atomic E-state index is -0.752. The van der Waals surface area contributed by atoms with Crippen molar-refractivity contribution in [3.05, 3.63) is 101 Å². The third-order valence-electron chi connectivity index (χ3n) is 6.78. The second-order valence-corrected chi connectivity index (χ2v) is 8.62. The van der Waals surface area contributed by atoms with Crippen molar-refractivity contribution < 1.29 is 9.18 Å². The molecule has 0 aromatic heterocycles. The second kappa shape index (κ2) is 9.86. The van der Waals surface area contributed by atoms with Crippen LogP contribution < -0.4 is 5.01 Å². The number of hydrogen-bond acceptors (Lipinski definition) is 3. The Morgan fingerprint density at radius 1 is 0.879 bits per heavy atom. The van der Waals surface area contributed by atoms with E-state index in [0.29, 0.717) is 13.0 Å². The van der Waals surface area contributed by atoms with Gasteiger partial charge in [-0.1, -0.05) is 74.5 Å². The summed E-state index contributed by atoms with van der Waals surface area (Å²) in [5.41, 5.74) is 3.17. The fraction of sp³-hybridized carbons (Fsp3) is 0.321. The molecule has 1 atom stereocenters. The molecule has 0 unspecified atom stereocenters. The second-order valence-electron chi connectivity index (χ2n) is 8.62. The molecule has 4 nitrogen and oxygen atoms in total. The molecular weight excluding hydrogens is 413 g/mol. The molecule has 1 amide bonds. The molecule has 1 aliphatic heterocycles. The van der Waals surface area contributed by atoms with Crippen molar-refractivity contribution in [1.82, 2.24) is 9.91 Å². The SMILES string of the molecule is CCN(CC)CC[C@@]1(c2ccccc2)C(=O)N(N(C)Cc2ccc(F)cc2)c2ccccc21. The highest BCUT2D eigenvalue weighted by atomic mass is 19.1. The molecule has 33 heavy (non-hydrogen) atoms. The molecule has 5 heteroatoms. The molecule has 0 bridgehead atoms. The molecule has 4 rings (SSSR count). The zero-order chi connectivity index (χ0) is 23.4. The monoisotopic (exact) mass is 445 g/mol. The molecule has 3 aromatic carbocycles. The number of nitrogens with zero attached hydrogens (tertiary/aromatic N) is 3. The van der Waals surface area contributed by atoms with Gasteiger partial charge in [0.1, 0.15) is 11.2 Å². The first-order valence-corrected chi connectivity index (χ1v) is 11.7. The van der Waals surface area contributed by atoms with Crippen molar-refractivity contribution in [3.8, 4) is 0 Å². The fourth-order valence-electron chi connectivity index (χ4n) is 4.94. The van der Waals surface area contributed by atoms with Gasteiger partial charge in [-0.05, 0) is 60.9 Å². The smallest absolute Gasteiger partial charge is 0.256 e. The van der Waals surface area contributed by atoms with E-state index >= 15 is 0 Å². The summed E-state index contributed by atoms with van der Waals surface area (Å²) < 4.78 is 13.4. The molecule has 0 spiro atoms. The molecule has 0 aliphatic carbocycles. The van der Waals surface area contributed by atoms with E-state index in [2.05, 4.69) is 36.9 Å². The summed E-state index contributed by atoms with van der Waals surface area (Å²) in [7, 11) is 1.92. The quantitative estimate of drug-likeness (QED) is 0.451. The number of hydrogen-bond donors (Lipinski definition) is 0. The van der Waals surface area contributed by atoms with Crippen molar-refractivity contribution >= 4 is 11.6 Å². The van der Waals surface area contributed by atoms with Crippen LogP contribution >= 0.6 is 0 Å². The number of amides is 1. The maximum absolute atomic E-state index is 14.4. The third-order valence-corrected chi connectivity index (χ3v) is 6.78. The van der Waals surface area contributed by atoms with Crippen LogP contribution in [0, 0.1) is 5.82 Å². The first-order chi connectivity index (χ1) is 16.0. The maximum atomic E-state index is 14.4. The van der Waals surface area contributed by atoms with E-state index in [4.69, 9.17) is 0 Å². The van der Waals surface area contributed by atoms with Crippen LogP contribution in [-0.2, 0) is 16.8 Å². The first-order valence-electron chi connectivity index (χ1n) is 11.7. The van der Waals surface area contributed by atoms with Gasteiger partial charge in [-0.2, -0.15) is 0 Å². The fourth-order valence-corrected chi connectivity index (χ4v) is 4.94. The van der Waals surface area contributed by atoms with Gasteiger partial charge in [0.25, 0.3) is 5.91 Å². The highest BCUT2D eigenvalue weighted by Gasteiger charge is 2.52. The number of para-hydroxylation sites is 1. The Balaban J connectivity index is 1.77. The van der Waals surface area contributed by atoms with Gasteiger partial charge in [-0.3, -0.25) is 4.79 Å². The zero-order valence-electron chi connectivity index (χ0n) is 19.7. The van der Waals surface area contributed by atoms with Crippen LogP contribution in [-0.4, -0.2) is 42.5 Å². The topological polar surface area (TPSA) is 26.8 Å². The summed E-state index contributed by atoms with van der Waals surface area (Å²) >= 11 is 0. The molecule has 0 saturated carbocycles. The Kier molecular flexibility index (Phi) is 6.91. The number of carbonyl (C=O) groups excluding carboxylic acids is 1. The van der Waals surface area contributed by atoms with Crippen LogP contribution in [0.1, 0.15) is 37.0 Å². The van der Waals surface area contributed by atoms with E-state index in [1.54, 1.807) is 12.1 Å². The average Bonchev–Trinajstić information content (AvgIpc) is 3.10. The van der Waals surface area contributed by atoms with Crippen molar-refractivity contribution in [1.29, 1.82) is 0 Å². The number of fused-ring (bicyclic) bond motifs is 1. The molecular formula is C28H32FN3O. The minimum Gasteiger partial charge on any atom is -0.304 e. The van der Waals surface area contributed by atoms with Crippen molar-refractivity contribution in [2.75, 3.05) is 31.7 Å². The van der Waals surface area contributed by atoms with Crippen molar-refractivity contribution in [2.45, 2.75) is 32.2 Å². The Labute approximate surface area is 196 Å². The highest BCUT2D eigenvalue weighted by Crippen LogP contribution is 2.49. The molecule has 3 aromatic rings. The van der Waals surface area contributed by atoms with E-state index in [-0.39, 0.29) is 11.7 Å². The van der Waals surface area contributed by atoms with E-state index in [0.717, 1.165) is 42.0 Å². The van der Waals surface area contributed by atoms with Gasteiger partial charge in [-0.15, -0.1) is 0 Å². The Bertz CT molecular complexity index is 1080. The summed E-state index contributed by atoms with van der Waals surface area (Å²) in [5, 5.41) is 3.75. The number of benzene rings is 3. The number of hydrazine groups is 1. The Morgan fingerprint density at radius 3 is 2.18 bits per heavy atom. The summed E-state index contributed by atoms with van der Waals surface area (Å²) in [5.74, 6) is -0.199. The van der Waals surface area contributed by atoms with Gasteiger partial charge in [0.05, 0.1) is 5.69 Å². The van der Waals surface area contributed by atoms with Gasteiger partial charge in [0.2, 0.25) is 0 Å². The van der Waals surface area contributed by atoms with Crippen LogP contribution in [0.5, 0.6) is 0 Å². The van der Waals surface area contributed by atoms with Gasteiger partial charge in [0, 0.05) is 13.6 Å². The van der Waals surface area contributed by atoms with Crippen LogP contribution in [0.2, 0.25) is 0 Å². The lowest BCUT2D eigenvalue weighted by Gasteiger charge is -2.34. The van der Waals surface area contributed by atoms with Crippen LogP contribution in [0.4, 0.5) is 10.1 Å². The van der Waals surface area contributed by atoms with Gasteiger partial charge in [0.15, 0.2) is 0 Å². The Morgan fingerprint density at radius 2 is 1.52 bits per heavy atom. The molecule has 1 aliphatic rings. The number of rotatable bonds is 9. The lowest BCUT2D eigenvalue weighted by atomic mass is 9.72. The van der Waals surface area contributed by atoms with E-state index in [1.165, 1.54) is 12.1 Å². The predicted molar refractivity (Wildman–Crippen MR) is 131 cm³/mol. The minimum absolute atomic E-state index is 0.0617. The zero-order valence-corrected chi connectivity index (χ0v) is 19.7. The summed E-state index contributed by atoms with van der Waals surface area (Å²) in [6.07, 6.45) is 0.704. The van der Waals surface area contributed by atoms with Crippen molar-refractivity contribution in [2.24, 2.45) is 0 Å². The summed E-state index contributed by atoms with van der Waals surface area (Å²) in [6.45, 7) is 7.55.